The second-order valence-corrected chi connectivity index (χ2v) is 5.15. The zero-order chi connectivity index (χ0) is 10.9. The summed E-state index contributed by atoms with van der Waals surface area (Å²) in [4.78, 5) is 23.3. The Morgan fingerprint density at radius 3 is 1.54 bits per heavy atom. The van der Waals surface area contributed by atoms with Gasteiger partial charge in [-0.2, -0.15) is 0 Å². The van der Waals surface area contributed by atoms with Gasteiger partial charge in [0.15, 0.2) is 0 Å². The van der Waals surface area contributed by atoms with Crippen LogP contribution >= 0.6 is 0 Å². The van der Waals surface area contributed by atoms with E-state index in [0.29, 0.717) is 6.42 Å². The molecule has 0 saturated heterocycles. The van der Waals surface area contributed by atoms with Crippen LogP contribution in [-0.4, -0.2) is 11.6 Å². The lowest BCUT2D eigenvalue weighted by atomic mass is 9.76. The van der Waals surface area contributed by atoms with Crippen molar-refractivity contribution >= 4 is 11.6 Å². The fraction of sp³-hybridized carbons (Fsp3) is 0.818. The Morgan fingerprint density at radius 2 is 1.31 bits per heavy atom. The summed E-state index contributed by atoms with van der Waals surface area (Å²) in [5.74, 6) is -0.512. The molecule has 0 saturated carbocycles. The van der Waals surface area contributed by atoms with E-state index in [1.165, 1.54) is 0 Å². The van der Waals surface area contributed by atoms with Gasteiger partial charge in [-0.05, 0) is 6.42 Å². The van der Waals surface area contributed by atoms with E-state index >= 15 is 0 Å². The second-order valence-electron chi connectivity index (χ2n) is 5.15. The lowest BCUT2D eigenvalue weighted by Gasteiger charge is -2.24. The number of hydrogen-bond acceptors (Lipinski definition) is 2. The van der Waals surface area contributed by atoms with Gasteiger partial charge in [0.05, 0.1) is 0 Å². The predicted octanol–water partition coefficient (Wildman–Crippen LogP) is 2.61. The van der Waals surface area contributed by atoms with Crippen LogP contribution in [0.4, 0.5) is 0 Å². The molecule has 0 fully saturated rings. The van der Waals surface area contributed by atoms with E-state index in [1.54, 1.807) is 20.8 Å². The number of Topliss-reactive ketones (excluding diaryl/α,β-unsaturated/α-hetero) is 2. The summed E-state index contributed by atoms with van der Waals surface area (Å²) in [6.07, 6.45) is 0.702. The van der Waals surface area contributed by atoms with Gasteiger partial charge in [-0.1, -0.05) is 41.5 Å². The van der Waals surface area contributed by atoms with E-state index in [0.717, 1.165) is 0 Å². The van der Waals surface area contributed by atoms with E-state index < -0.39 is 10.8 Å². The molecule has 0 aliphatic rings. The summed E-state index contributed by atoms with van der Waals surface area (Å²) in [6.45, 7) is 10.9. The molecule has 0 aromatic carbocycles. The maximum atomic E-state index is 11.7. The molecule has 0 unspecified atom stereocenters. The summed E-state index contributed by atoms with van der Waals surface area (Å²) in [7, 11) is 0. The van der Waals surface area contributed by atoms with Gasteiger partial charge in [0.25, 0.3) is 0 Å². The minimum Gasteiger partial charge on any atom is -0.290 e. The fourth-order valence-electron chi connectivity index (χ4n) is 0.808. The molecule has 0 radical (unpaired) electrons. The Balaban J connectivity index is 4.74. The van der Waals surface area contributed by atoms with E-state index in [9.17, 15) is 9.59 Å². The van der Waals surface area contributed by atoms with Crippen LogP contribution in [0, 0.1) is 10.8 Å². The minimum absolute atomic E-state index is 0.248. The largest absolute Gasteiger partial charge is 0.290 e. The molecule has 0 heterocycles. The molecule has 0 aliphatic carbocycles. The van der Waals surface area contributed by atoms with Crippen LogP contribution in [0.3, 0.4) is 0 Å². The van der Waals surface area contributed by atoms with Gasteiger partial charge in [-0.3, -0.25) is 9.59 Å². The minimum atomic E-state index is -0.552. The Kier molecular flexibility index (Phi) is 3.42. The third kappa shape index (κ3) is 2.94. The predicted molar refractivity (Wildman–Crippen MR) is 53.5 cm³/mol. The summed E-state index contributed by atoms with van der Waals surface area (Å²) < 4.78 is 0. The van der Waals surface area contributed by atoms with Crippen molar-refractivity contribution in [2.24, 2.45) is 10.8 Å². The molecule has 0 aromatic heterocycles. The summed E-state index contributed by atoms with van der Waals surface area (Å²) in [5.41, 5.74) is -1.06. The van der Waals surface area contributed by atoms with Gasteiger partial charge in [0, 0.05) is 10.8 Å². The van der Waals surface area contributed by atoms with Gasteiger partial charge in [0.1, 0.15) is 0 Å². The van der Waals surface area contributed by atoms with Crippen LogP contribution in [0.2, 0.25) is 0 Å². The monoisotopic (exact) mass is 184 g/mol. The molecule has 0 atom stereocenters. The first-order valence-corrected chi connectivity index (χ1v) is 4.72. The molecule has 0 amide bonds. The molecule has 0 rings (SSSR count). The average Bonchev–Trinajstić information content (AvgIpc) is 2.00. The molecule has 0 aliphatic heterocycles. The van der Waals surface area contributed by atoms with Gasteiger partial charge >= 0.3 is 0 Å². The van der Waals surface area contributed by atoms with Gasteiger partial charge < -0.3 is 0 Å². The Bertz CT molecular complexity index is 219. The summed E-state index contributed by atoms with van der Waals surface area (Å²) in [5, 5.41) is 0. The van der Waals surface area contributed by atoms with Crippen molar-refractivity contribution in [1.82, 2.24) is 0 Å². The molecular weight excluding hydrogens is 164 g/mol. The highest BCUT2D eigenvalue weighted by atomic mass is 16.2. The number of hydrogen-bond donors (Lipinski definition) is 0. The number of carbonyl (C=O) groups is 2. The fourth-order valence-corrected chi connectivity index (χ4v) is 0.808. The molecule has 0 spiro atoms. The lowest BCUT2D eigenvalue weighted by molar-refractivity contribution is -0.146. The number of ketones is 2. The quantitative estimate of drug-likeness (QED) is 0.632. The third-order valence-corrected chi connectivity index (χ3v) is 2.39. The van der Waals surface area contributed by atoms with Crippen LogP contribution in [0.5, 0.6) is 0 Å². The average molecular weight is 184 g/mol. The first kappa shape index (κ1) is 12.3. The van der Waals surface area contributed by atoms with Crippen molar-refractivity contribution in [3.8, 4) is 0 Å². The van der Waals surface area contributed by atoms with E-state index in [-0.39, 0.29) is 11.6 Å². The van der Waals surface area contributed by atoms with Crippen LogP contribution in [0.15, 0.2) is 0 Å². The Hall–Kier alpha value is -0.660. The topological polar surface area (TPSA) is 34.1 Å². The van der Waals surface area contributed by atoms with Gasteiger partial charge in [-0.15, -0.1) is 0 Å². The van der Waals surface area contributed by atoms with E-state index in [1.807, 2.05) is 20.8 Å². The van der Waals surface area contributed by atoms with Crippen LogP contribution in [-0.2, 0) is 9.59 Å². The van der Waals surface area contributed by atoms with Gasteiger partial charge in [0.2, 0.25) is 11.6 Å². The van der Waals surface area contributed by atoms with Crippen molar-refractivity contribution in [1.29, 1.82) is 0 Å². The van der Waals surface area contributed by atoms with Gasteiger partial charge in [-0.25, -0.2) is 0 Å². The highest BCUT2D eigenvalue weighted by Crippen LogP contribution is 2.26. The lowest BCUT2D eigenvalue weighted by Crippen LogP contribution is -2.37. The Labute approximate surface area is 80.7 Å². The molecular formula is C11H20O2. The zero-order valence-corrected chi connectivity index (χ0v) is 9.52. The molecule has 13 heavy (non-hydrogen) atoms. The first-order chi connectivity index (χ1) is 5.63. The molecule has 0 aromatic rings. The molecule has 76 valence electrons. The van der Waals surface area contributed by atoms with Crippen molar-refractivity contribution in [2.75, 3.05) is 0 Å². The van der Waals surface area contributed by atoms with Crippen molar-refractivity contribution in [2.45, 2.75) is 48.0 Å². The van der Waals surface area contributed by atoms with Crippen LogP contribution < -0.4 is 0 Å². The zero-order valence-electron chi connectivity index (χ0n) is 9.52. The SMILES string of the molecule is CCC(C)(C)C(=O)C(=O)C(C)(C)C. The van der Waals surface area contributed by atoms with E-state index in [2.05, 4.69) is 0 Å². The van der Waals surface area contributed by atoms with Crippen LogP contribution in [0.25, 0.3) is 0 Å². The summed E-state index contributed by atoms with van der Waals surface area (Å²) in [6, 6.07) is 0. The normalized spacial score (nSPS) is 12.8. The molecule has 0 N–H and O–H groups in total. The van der Waals surface area contributed by atoms with Crippen molar-refractivity contribution < 1.29 is 9.59 Å². The van der Waals surface area contributed by atoms with Crippen LogP contribution in [0.1, 0.15) is 48.0 Å². The van der Waals surface area contributed by atoms with Crippen molar-refractivity contribution in [3.63, 3.8) is 0 Å². The first-order valence-electron chi connectivity index (χ1n) is 4.72. The smallest absolute Gasteiger partial charge is 0.204 e. The molecule has 2 nitrogen and oxygen atoms in total. The van der Waals surface area contributed by atoms with E-state index in [4.69, 9.17) is 0 Å². The highest BCUT2D eigenvalue weighted by Gasteiger charge is 2.36. The van der Waals surface area contributed by atoms with Crippen molar-refractivity contribution in [3.05, 3.63) is 0 Å². The maximum absolute atomic E-state index is 11.7. The number of carbonyl (C=O) groups excluding carboxylic acids is 2. The third-order valence-electron chi connectivity index (χ3n) is 2.39. The second kappa shape index (κ2) is 3.60. The summed E-state index contributed by atoms with van der Waals surface area (Å²) >= 11 is 0. The molecule has 2 heteroatoms. The molecule has 0 bridgehead atoms. The Morgan fingerprint density at radius 1 is 0.923 bits per heavy atom. The number of rotatable bonds is 3. The standard InChI is InChI=1S/C11H20O2/c1-7-11(5,6)9(13)8(12)10(2,3)4/h7H2,1-6H3. The maximum Gasteiger partial charge on any atom is 0.204 e. The highest BCUT2D eigenvalue weighted by molar-refractivity contribution is 6.40.